The van der Waals surface area contributed by atoms with Crippen molar-refractivity contribution in [3.8, 4) is 11.5 Å². The van der Waals surface area contributed by atoms with Gasteiger partial charge in [-0.15, -0.1) is 6.58 Å². The molecule has 0 radical (unpaired) electrons. The van der Waals surface area contributed by atoms with Gasteiger partial charge in [0.1, 0.15) is 11.5 Å². The van der Waals surface area contributed by atoms with Gasteiger partial charge < -0.3 is 14.8 Å². The summed E-state index contributed by atoms with van der Waals surface area (Å²) in [4.78, 5) is 0. The molecule has 0 heterocycles. The lowest BCUT2D eigenvalue weighted by Gasteiger charge is -2.22. The maximum Gasteiger partial charge on any atom is 0.127 e. The zero-order chi connectivity index (χ0) is 14.3. The first-order valence-corrected chi connectivity index (χ1v) is 6.72. The Hall–Kier alpha value is -1.48. The number of rotatable bonds is 8. The molecule has 0 spiro atoms. The third-order valence-corrected chi connectivity index (χ3v) is 3.01. The van der Waals surface area contributed by atoms with E-state index in [1.165, 1.54) is 0 Å². The number of hydrogen-bond acceptors (Lipinski definition) is 3. The minimum Gasteiger partial charge on any atom is -0.497 e. The number of methoxy groups -OCH3 is 2. The van der Waals surface area contributed by atoms with Crippen molar-refractivity contribution < 1.29 is 9.47 Å². The van der Waals surface area contributed by atoms with Crippen molar-refractivity contribution in [3.05, 3.63) is 35.9 Å². The van der Waals surface area contributed by atoms with Gasteiger partial charge in [-0.25, -0.2) is 0 Å². The normalized spacial score (nSPS) is 12.0. The summed E-state index contributed by atoms with van der Waals surface area (Å²) in [5.41, 5.74) is 2.31. The molecule has 1 atom stereocenters. The number of ether oxygens (including phenoxy) is 2. The zero-order valence-electron chi connectivity index (χ0n) is 12.5. The molecule has 0 aliphatic heterocycles. The summed E-state index contributed by atoms with van der Waals surface area (Å²) in [5.74, 6) is 1.67. The van der Waals surface area contributed by atoms with Crippen LogP contribution in [0, 0.1) is 0 Å². The third kappa shape index (κ3) is 4.60. The highest BCUT2D eigenvalue weighted by Crippen LogP contribution is 2.32. The van der Waals surface area contributed by atoms with Crippen LogP contribution in [-0.2, 0) is 0 Å². The maximum atomic E-state index is 5.48. The molecule has 0 amide bonds. The highest BCUT2D eigenvalue weighted by atomic mass is 16.5. The standard InChI is InChI=1S/C16H25NO2/c1-6-9-17-15(10-12(2)3)14-8-7-13(18-4)11-16(14)19-5/h7-8,11,15,17H,2,6,9-10H2,1,3-5H3. The average molecular weight is 263 g/mol. The SMILES string of the molecule is C=C(C)CC(NCCC)c1ccc(OC)cc1OC. The monoisotopic (exact) mass is 263 g/mol. The first-order chi connectivity index (χ1) is 9.12. The number of hydrogen-bond donors (Lipinski definition) is 1. The van der Waals surface area contributed by atoms with Gasteiger partial charge >= 0.3 is 0 Å². The molecular weight excluding hydrogens is 238 g/mol. The van der Waals surface area contributed by atoms with Gasteiger partial charge in [-0.05, 0) is 32.4 Å². The fraction of sp³-hybridized carbons (Fsp3) is 0.500. The van der Waals surface area contributed by atoms with E-state index in [-0.39, 0.29) is 6.04 Å². The Balaban J connectivity index is 3.02. The van der Waals surface area contributed by atoms with Crippen LogP contribution in [-0.4, -0.2) is 20.8 Å². The minimum atomic E-state index is 0.235. The lowest BCUT2D eigenvalue weighted by atomic mass is 9.99. The van der Waals surface area contributed by atoms with Crippen LogP contribution in [0.1, 0.15) is 38.3 Å². The highest BCUT2D eigenvalue weighted by Gasteiger charge is 2.16. The average Bonchev–Trinajstić information content (AvgIpc) is 2.42. The van der Waals surface area contributed by atoms with Crippen LogP contribution in [0.4, 0.5) is 0 Å². The molecule has 3 heteroatoms. The second kappa shape index (κ2) is 7.85. The molecule has 0 aliphatic carbocycles. The molecule has 0 aromatic heterocycles. The van der Waals surface area contributed by atoms with Crippen molar-refractivity contribution in [2.75, 3.05) is 20.8 Å². The van der Waals surface area contributed by atoms with E-state index in [4.69, 9.17) is 9.47 Å². The molecule has 1 N–H and O–H groups in total. The molecule has 1 aromatic carbocycles. The van der Waals surface area contributed by atoms with Gasteiger partial charge in [0.15, 0.2) is 0 Å². The molecule has 3 nitrogen and oxygen atoms in total. The minimum absolute atomic E-state index is 0.235. The zero-order valence-corrected chi connectivity index (χ0v) is 12.5. The van der Waals surface area contributed by atoms with Crippen LogP contribution in [0.3, 0.4) is 0 Å². The summed E-state index contributed by atoms with van der Waals surface area (Å²) in [6.07, 6.45) is 2.01. The molecule has 0 fully saturated rings. The fourth-order valence-corrected chi connectivity index (χ4v) is 2.07. The second-order valence-electron chi connectivity index (χ2n) is 4.78. The fourth-order valence-electron chi connectivity index (χ4n) is 2.07. The molecule has 0 saturated heterocycles. The first kappa shape index (κ1) is 15.6. The molecule has 19 heavy (non-hydrogen) atoms. The van der Waals surface area contributed by atoms with Crippen molar-refractivity contribution in [3.63, 3.8) is 0 Å². The van der Waals surface area contributed by atoms with E-state index in [9.17, 15) is 0 Å². The molecular formula is C16H25NO2. The van der Waals surface area contributed by atoms with E-state index in [1.54, 1.807) is 14.2 Å². The van der Waals surface area contributed by atoms with Crippen molar-refractivity contribution in [2.45, 2.75) is 32.7 Å². The van der Waals surface area contributed by atoms with Crippen LogP contribution in [0.15, 0.2) is 30.4 Å². The molecule has 106 valence electrons. The van der Waals surface area contributed by atoms with Gasteiger partial charge in [0.2, 0.25) is 0 Å². The summed E-state index contributed by atoms with van der Waals surface area (Å²) in [6, 6.07) is 6.19. The van der Waals surface area contributed by atoms with Crippen LogP contribution >= 0.6 is 0 Å². The topological polar surface area (TPSA) is 30.5 Å². The Bertz CT molecular complexity index is 415. The summed E-state index contributed by atoms with van der Waals surface area (Å²) >= 11 is 0. The van der Waals surface area contributed by atoms with E-state index in [1.807, 2.05) is 12.1 Å². The van der Waals surface area contributed by atoms with Gasteiger partial charge in [0, 0.05) is 17.7 Å². The van der Waals surface area contributed by atoms with Gasteiger partial charge in [-0.2, -0.15) is 0 Å². The number of nitrogens with one attached hydrogen (secondary N) is 1. The Labute approximate surface area is 116 Å². The Kier molecular flexibility index (Phi) is 6.43. The van der Waals surface area contributed by atoms with Gasteiger partial charge in [0.25, 0.3) is 0 Å². The van der Waals surface area contributed by atoms with Crippen LogP contribution < -0.4 is 14.8 Å². The van der Waals surface area contributed by atoms with Gasteiger partial charge in [0.05, 0.1) is 14.2 Å². The van der Waals surface area contributed by atoms with E-state index in [0.717, 1.165) is 42.0 Å². The van der Waals surface area contributed by atoms with Crippen LogP contribution in [0.5, 0.6) is 11.5 Å². The van der Waals surface area contributed by atoms with Crippen molar-refractivity contribution in [2.24, 2.45) is 0 Å². The summed E-state index contributed by atoms with van der Waals surface area (Å²) in [6.45, 7) is 9.21. The predicted octanol–water partition coefficient (Wildman–Crippen LogP) is 3.71. The quantitative estimate of drug-likeness (QED) is 0.725. The van der Waals surface area contributed by atoms with Crippen molar-refractivity contribution in [1.29, 1.82) is 0 Å². The van der Waals surface area contributed by atoms with Gasteiger partial charge in [-0.1, -0.05) is 18.6 Å². The summed E-state index contributed by atoms with van der Waals surface area (Å²) < 4.78 is 10.7. The van der Waals surface area contributed by atoms with Crippen molar-refractivity contribution >= 4 is 0 Å². The van der Waals surface area contributed by atoms with Crippen molar-refractivity contribution in [1.82, 2.24) is 5.32 Å². The lowest BCUT2D eigenvalue weighted by molar-refractivity contribution is 0.383. The van der Waals surface area contributed by atoms with E-state index < -0.39 is 0 Å². The molecule has 1 rings (SSSR count). The Morgan fingerprint density at radius 1 is 1.32 bits per heavy atom. The Morgan fingerprint density at radius 3 is 2.58 bits per heavy atom. The molecule has 1 aromatic rings. The summed E-state index contributed by atoms with van der Waals surface area (Å²) in [5, 5.41) is 3.55. The predicted molar refractivity (Wildman–Crippen MR) is 80.0 cm³/mol. The summed E-state index contributed by atoms with van der Waals surface area (Å²) in [7, 11) is 3.35. The van der Waals surface area contributed by atoms with E-state index in [0.29, 0.717) is 0 Å². The largest absolute Gasteiger partial charge is 0.497 e. The highest BCUT2D eigenvalue weighted by molar-refractivity contribution is 5.42. The first-order valence-electron chi connectivity index (χ1n) is 6.72. The van der Waals surface area contributed by atoms with E-state index in [2.05, 4.69) is 31.8 Å². The van der Waals surface area contributed by atoms with Gasteiger partial charge in [-0.3, -0.25) is 0 Å². The van der Waals surface area contributed by atoms with Crippen LogP contribution in [0.2, 0.25) is 0 Å². The molecule has 0 aliphatic rings. The Morgan fingerprint density at radius 2 is 2.05 bits per heavy atom. The molecule has 0 bridgehead atoms. The smallest absolute Gasteiger partial charge is 0.127 e. The number of benzene rings is 1. The van der Waals surface area contributed by atoms with Crippen LogP contribution in [0.25, 0.3) is 0 Å². The third-order valence-electron chi connectivity index (χ3n) is 3.01. The lowest BCUT2D eigenvalue weighted by Crippen LogP contribution is -2.22. The second-order valence-corrected chi connectivity index (χ2v) is 4.78. The molecule has 1 unspecified atom stereocenters. The maximum absolute atomic E-state index is 5.48. The van der Waals surface area contributed by atoms with E-state index >= 15 is 0 Å². The molecule has 0 saturated carbocycles.